The second-order valence-electron chi connectivity index (χ2n) is 1.16. The van der Waals surface area contributed by atoms with E-state index in [0.29, 0.717) is 0 Å². The summed E-state index contributed by atoms with van der Waals surface area (Å²) in [5, 5.41) is 0. The van der Waals surface area contributed by atoms with E-state index in [9.17, 15) is 13.2 Å². The van der Waals surface area contributed by atoms with E-state index in [1.54, 1.807) is 0 Å². The predicted octanol–water partition coefficient (Wildman–Crippen LogP) is -0.137. The van der Waals surface area contributed by atoms with Crippen molar-refractivity contribution in [1.82, 2.24) is 0 Å². The molecule has 3 nitrogen and oxygen atoms in total. The zero-order valence-corrected chi connectivity index (χ0v) is 6.17. The number of hydrogen-bond donors (Lipinski definition) is 0. The van der Waals surface area contributed by atoms with Crippen molar-refractivity contribution in [3.05, 3.63) is 0 Å². The van der Waals surface area contributed by atoms with Crippen LogP contribution >= 0.6 is 0 Å². The summed E-state index contributed by atoms with van der Waals surface area (Å²) in [6.45, 7) is 0. The molecule has 0 bridgehead atoms. The van der Waals surface area contributed by atoms with Gasteiger partial charge in [0, 0.05) is 12.5 Å². The van der Waals surface area contributed by atoms with Crippen molar-refractivity contribution in [3.63, 3.8) is 0 Å². The number of hydrogen-bond acceptors (Lipinski definition) is 3. The number of rotatable bonds is 0. The van der Waals surface area contributed by atoms with E-state index in [1.807, 2.05) is 0 Å². The Morgan fingerprint density at radius 2 is 1.38 bits per heavy atom. The Hall–Kier alpha value is -0.0300. The summed E-state index contributed by atoms with van der Waals surface area (Å²) < 4.78 is 19.6. The lowest BCUT2D eigenvalue weighted by atomic mass is 11.8. The van der Waals surface area contributed by atoms with E-state index in [-0.39, 0.29) is 0 Å². The Morgan fingerprint density at radius 1 is 1.12 bits per heavy atom. The van der Waals surface area contributed by atoms with Gasteiger partial charge in [0.2, 0.25) is 0 Å². The van der Waals surface area contributed by atoms with Gasteiger partial charge in [0.05, 0.1) is 21.6 Å². The van der Waals surface area contributed by atoms with Crippen molar-refractivity contribution in [2.24, 2.45) is 0 Å². The van der Waals surface area contributed by atoms with Crippen LogP contribution in [0.5, 0.6) is 0 Å². The minimum atomic E-state index is -1.58. The van der Waals surface area contributed by atoms with Gasteiger partial charge in [0.1, 0.15) is 0 Å². The molecular weight excluding hydrogens is 148 g/mol. The largest absolute Gasteiger partial charge is 0.305 e. The van der Waals surface area contributed by atoms with Gasteiger partial charge in [0.25, 0.3) is 0 Å². The zero-order chi connectivity index (χ0) is 6.73. The second kappa shape index (κ2) is 3.09. The first-order valence-corrected chi connectivity index (χ1v) is 4.88. The van der Waals surface area contributed by atoms with Crippen LogP contribution in [0.1, 0.15) is 0 Å². The SMILES string of the molecule is CS(=O)C(=O)S(C)=O. The number of carbonyl (C=O) groups excluding carboxylic acids is 1. The first-order chi connectivity index (χ1) is 3.55. The van der Waals surface area contributed by atoms with Crippen LogP contribution in [-0.4, -0.2) is 25.4 Å². The summed E-state index contributed by atoms with van der Waals surface area (Å²) in [5.41, 5.74) is 0. The Morgan fingerprint density at radius 3 is 1.38 bits per heavy atom. The molecule has 0 N–H and O–H groups in total. The molecule has 0 aromatic carbocycles. The van der Waals surface area contributed by atoms with Gasteiger partial charge in [-0.2, -0.15) is 0 Å². The molecule has 0 fully saturated rings. The fourth-order valence-corrected chi connectivity index (χ4v) is 1.49. The summed E-state index contributed by atoms with van der Waals surface area (Å²) in [7, 11) is -3.16. The van der Waals surface area contributed by atoms with Crippen LogP contribution in [0.25, 0.3) is 0 Å². The zero-order valence-electron chi connectivity index (χ0n) is 4.54. The molecule has 0 radical (unpaired) electrons. The molecule has 0 saturated heterocycles. The van der Waals surface area contributed by atoms with Gasteiger partial charge in [-0.15, -0.1) is 0 Å². The highest BCUT2D eigenvalue weighted by Crippen LogP contribution is 1.85. The fourth-order valence-electron chi connectivity index (χ4n) is 0.165. The Bertz CT molecular complexity index is 135. The van der Waals surface area contributed by atoms with Crippen molar-refractivity contribution < 1.29 is 13.2 Å². The maximum absolute atomic E-state index is 10.2. The smallest absolute Gasteiger partial charge is 0.269 e. The van der Waals surface area contributed by atoms with Crippen LogP contribution in [0, 0.1) is 0 Å². The molecular formula is C3H6O3S2. The minimum Gasteiger partial charge on any atom is -0.269 e. The third kappa shape index (κ3) is 2.32. The normalized spacial score (nSPS) is 17.2. The first kappa shape index (κ1) is 7.97. The lowest BCUT2D eigenvalue weighted by Gasteiger charge is -1.84. The highest BCUT2D eigenvalue weighted by molar-refractivity contribution is 8.25. The van der Waals surface area contributed by atoms with Gasteiger partial charge in [0.15, 0.2) is 0 Å². The molecule has 8 heavy (non-hydrogen) atoms. The van der Waals surface area contributed by atoms with Crippen molar-refractivity contribution in [3.8, 4) is 0 Å². The molecule has 2 atom stereocenters. The van der Waals surface area contributed by atoms with Gasteiger partial charge < -0.3 is 0 Å². The fraction of sp³-hybridized carbons (Fsp3) is 0.667. The molecule has 0 aliphatic rings. The quantitative estimate of drug-likeness (QED) is 0.488. The Labute approximate surface area is 52.4 Å². The van der Waals surface area contributed by atoms with Gasteiger partial charge in [-0.05, 0) is 0 Å². The summed E-state index contributed by atoms with van der Waals surface area (Å²) >= 11 is 0. The maximum atomic E-state index is 10.2. The molecule has 2 unspecified atom stereocenters. The molecule has 0 heterocycles. The molecule has 5 heteroatoms. The summed E-state index contributed by atoms with van der Waals surface area (Å²) in [6, 6.07) is 0. The first-order valence-electron chi connectivity index (χ1n) is 1.76. The van der Waals surface area contributed by atoms with Gasteiger partial charge in [-0.25, -0.2) is 0 Å². The van der Waals surface area contributed by atoms with Crippen molar-refractivity contribution in [2.45, 2.75) is 0 Å². The van der Waals surface area contributed by atoms with Crippen LogP contribution in [0.4, 0.5) is 4.79 Å². The molecule has 0 amide bonds. The lowest BCUT2D eigenvalue weighted by Crippen LogP contribution is -2.07. The molecule has 0 aliphatic heterocycles. The van der Waals surface area contributed by atoms with Crippen molar-refractivity contribution >= 4 is 26.0 Å². The Kier molecular flexibility index (Phi) is 3.08. The van der Waals surface area contributed by atoms with E-state index in [2.05, 4.69) is 0 Å². The summed E-state index contributed by atoms with van der Waals surface area (Å²) in [6.07, 6.45) is 2.42. The van der Waals surface area contributed by atoms with E-state index < -0.39 is 26.0 Å². The van der Waals surface area contributed by atoms with E-state index >= 15 is 0 Å². The van der Waals surface area contributed by atoms with Crippen molar-refractivity contribution in [1.29, 1.82) is 0 Å². The van der Waals surface area contributed by atoms with E-state index in [1.165, 1.54) is 12.5 Å². The van der Waals surface area contributed by atoms with Gasteiger partial charge >= 0.3 is 4.45 Å². The maximum Gasteiger partial charge on any atom is 0.305 e. The van der Waals surface area contributed by atoms with Crippen LogP contribution < -0.4 is 0 Å². The number of carbonyl (C=O) groups is 1. The van der Waals surface area contributed by atoms with Crippen LogP contribution in [0.2, 0.25) is 0 Å². The summed E-state index contributed by atoms with van der Waals surface area (Å²) in [5.74, 6) is 0. The predicted molar refractivity (Wildman–Crippen MR) is 33.5 cm³/mol. The molecule has 0 aliphatic carbocycles. The highest BCUT2D eigenvalue weighted by atomic mass is 32.2. The average Bonchev–Trinajstić information content (AvgIpc) is 1.64. The standard InChI is InChI=1S/C3H6O3S2/c1-7(5)3(4)8(2)6/h1-2H3. The van der Waals surface area contributed by atoms with E-state index in [0.717, 1.165) is 0 Å². The highest BCUT2D eigenvalue weighted by Gasteiger charge is 2.08. The topological polar surface area (TPSA) is 51.2 Å². The summed E-state index contributed by atoms with van der Waals surface area (Å²) in [4.78, 5) is 10.2. The van der Waals surface area contributed by atoms with Gasteiger partial charge in [-0.1, -0.05) is 0 Å². The second-order valence-corrected chi connectivity index (χ2v) is 3.97. The third-order valence-electron chi connectivity index (χ3n) is 0.469. The average molecular weight is 154 g/mol. The molecule has 0 aromatic heterocycles. The molecule has 48 valence electrons. The molecule has 0 rings (SSSR count). The molecule has 0 saturated carbocycles. The van der Waals surface area contributed by atoms with Crippen LogP contribution in [0.3, 0.4) is 0 Å². The van der Waals surface area contributed by atoms with Crippen LogP contribution in [-0.2, 0) is 21.6 Å². The van der Waals surface area contributed by atoms with Crippen LogP contribution in [0.15, 0.2) is 0 Å². The Balaban J connectivity index is 4.05. The lowest BCUT2D eigenvalue weighted by molar-refractivity contribution is 0.275. The molecule has 0 spiro atoms. The van der Waals surface area contributed by atoms with Gasteiger partial charge in [-0.3, -0.25) is 13.2 Å². The molecule has 0 aromatic rings. The van der Waals surface area contributed by atoms with E-state index in [4.69, 9.17) is 0 Å². The third-order valence-corrected chi connectivity index (χ3v) is 2.82. The monoisotopic (exact) mass is 154 g/mol. The van der Waals surface area contributed by atoms with Crippen molar-refractivity contribution in [2.75, 3.05) is 12.5 Å². The minimum absolute atomic E-state index is 0.704.